The van der Waals surface area contributed by atoms with E-state index in [1.807, 2.05) is 19.9 Å². The summed E-state index contributed by atoms with van der Waals surface area (Å²) in [7, 11) is -4.54. The molecular weight excluding hydrogens is 243 g/mol. The number of para-hydroxylation sites is 1. The minimum atomic E-state index is -4.54. The highest BCUT2D eigenvalue weighted by atomic mass is 31.2. The molecule has 0 spiro atoms. The van der Waals surface area contributed by atoms with Crippen LogP contribution in [0.3, 0.4) is 0 Å². The van der Waals surface area contributed by atoms with Crippen molar-refractivity contribution in [2.75, 3.05) is 23.7 Å². The van der Waals surface area contributed by atoms with Crippen LogP contribution in [0.5, 0.6) is 5.75 Å². The molecule has 0 fully saturated rings. The van der Waals surface area contributed by atoms with E-state index in [0.717, 1.165) is 5.69 Å². The lowest BCUT2D eigenvalue weighted by Crippen LogP contribution is -2.06. The zero-order valence-electron chi connectivity index (χ0n) is 9.80. The van der Waals surface area contributed by atoms with Gasteiger partial charge in [0.25, 0.3) is 0 Å². The van der Waals surface area contributed by atoms with Crippen LogP contribution in [0.4, 0.5) is 11.4 Å². The van der Waals surface area contributed by atoms with Crippen molar-refractivity contribution in [3.63, 3.8) is 0 Å². The molecule has 6 nitrogen and oxygen atoms in total. The van der Waals surface area contributed by atoms with E-state index >= 15 is 0 Å². The molecule has 4 N–H and O–H groups in total. The zero-order valence-corrected chi connectivity index (χ0v) is 10.7. The third kappa shape index (κ3) is 4.26. The van der Waals surface area contributed by atoms with Crippen molar-refractivity contribution in [3.05, 3.63) is 18.2 Å². The molecule has 1 aromatic carbocycles. The molecule has 1 rings (SSSR count). The van der Waals surface area contributed by atoms with E-state index in [-0.39, 0.29) is 5.75 Å². The molecule has 0 aliphatic carbocycles. The maximum atomic E-state index is 10.9. The Bertz CT molecular complexity index is 419. The minimum Gasteiger partial charge on any atom is -0.402 e. The fourth-order valence-corrected chi connectivity index (χ4v) is 1.84. The highest BCUT2D eigenvalue weighted by Crippen LogP contribution is 2.43. The van der Waals surface area contributed by atoms with Gasteiger partial charge < -0.3 is 15.2 Å². The number of benzene rings is 1. The fourth-order valence-electron chi connectivity index (χ4n) is 1.43. The van der Waals surface area contributed by atoms with Crippen LogP contribution in [-0.2, 0) is 4.57 Å². The fraction of sp³-hybridized carbons (Fsp3) is 0.400. The molecule has 0 amide bonds. The first-order valence-corrected chi connectivity index (χ1v) is 6.86. The van der Waals surface area contributed by atoms with Gasteiger partial charge in [0, 0.05) is 13.1 Å². The van der Waals surface area contributed by atoms with Crippen LogP contribution < -0.4 is 15.2 Å². The Morgan fingerprint density at radius 1 is 1.24 bits per heavy atom. The quantitative estimate of drug-likeness (QED) is 0.585. The average molecular weight is 260 g/mol. The third-order valence-corrected chi connectivity index (χ3v) is 2.40. The molecule has 0 aromatic heterocycles. The summed E-state index contributed by atoms with van der Waals surface area (Å²) in [5.74, 6) is 0.138. The molecular formula is C10H17N2O4P. The second-order valence-corrected chi connectivity index (χ2v) is 4.48. The lowest BCUT2D eigenvalue weighted by atomic mass is 10.2. The number of hydrogen-bond acceptors (Lipinski definition) is 4. The lowest BCUT2D eigenvalue weighted by Gasteiger charge is -2.16. The maximum Gasteiger partial charge on any atom is 0.524 e. The van der Waals surface area contributed by atoms with Crippen molar-refractivity contribution in [3.8, 4) is 5.75 Å². The van der Waals surface area contributed by atoms with Crippen molar-refractivity contribution < 1.29 is 18.9 Å². The van der Waals surface area contributed by atoms with Gasteiger partial charge in [0.1, 0.15) is 5.69 Å². The summed E-state index contributed by atoms with van der Waals surface area (Å²) in [5.41, 5.74) is 1.31. The first-order valence-electron chi connectivity index (χ1n) is 5.33. The van der Waals surface area contributed by atoms with E-state index in [1.54, 1.807) is 6.07 Å². The van der Waals surface area contributed by atoms with Gasteiger partial charge in [0.15, 0.2) is 5.75 Å². The van der Waals surface area contributed by atoms with Crippen LogP contribution in [-0.4, -0.2) is 22.9 Å². The summed E-state index contributed by atoms with van der Waals surface area (Å²) in [5, 5.41) is 6.11. The average Bonchev–Trinajstić information content (AvgIpc) is 2.21. The minimum absolute atomic E-state index is 0.138. The number of rotatable bonds is 6. The molecule has 0 aliphatic rings. The molecule has 0 unspecified atom stereocenters. The van der Waals surface area contributed by atoms with Crippen LogP contribution in [0.1, 0.15) is 13.8 Å². The Morgan fingerprint density at radius 2 is 1.88 bits per heavy atom. The van der Waals surface area contributed by atoms with E-state index in [0.29, 0.717) is 18.8 Å². The number of hydrogen-bond donors (Lipinski definition) is 4. The Labute approximate surface area is 100 Å². The Balaban J connectivity index is 3.10. The van der Waals surface area contributed by atoms with E-state index in [2.05, 4.69) is 15.2 Å². The number of anilines is 2. The van der Waals surface area contributed by atoms with Gasteiger partial charge in [-0.3, -0.25) is 9.79 Å². The highest BCUT2D eigenvalue weighted by molar-refractivity contribution is 7.46. The molecule has 7 heteroatoms. The summed E-state index contributed by atoms with van der Waals surface area (Å²) in [6.07, 6.45) is 0. The molecule has 0 heterocycles. The molecule has 96 valence electrons. The third-order valence-electron chi connectivity index (χ3n) is 1.96. The Hall–Kier alpha value is -1.23. The van der Waals surface area contributed by atoms with Crippen LogP contribution in [0, 0.1) is 0 Å². The number of phosphoric ester groups is 1. The predicted molar refractivity (Wildman–Crippen MR) is 67.4 cm³/mol. The molecule has 0 saturated heterocycles. The second-order valence-electron chi connectivity index (χ2n) is 3.32. The van der Waals surface area contributed by atoms with Crippen LogP contribution >= 0.6 is 7.82 Å². The van der Waals surface area contributed by atoms with E-state index < -0.39 is 7.82 Å². The van der Waals surface area contributed by atoms with Gasteiger partial charge in [-0.2, -0.15) is 0 Å². The van der Waals surface area contributed by atoms with Crippen LogP contribution in [0.2, 0.25) is 0 Å². The maximum absolute atomic E-state index is 10.9. The van der Waals surface area contributed by atoms with Gasteiger partial charge >= 0.3 is 7.82 Å². The standard InChI is InChI=1S/C10H17N2O4P/c1-3-11-8-6-5-7-9(10(8)12-4-2)16-17(13,14)15/h5-7,11-12H,3-4H2,1-2H3,(H2,13,14,15). The second kappa shape index (κ2) is 5.91. The van der Waals surface area contributed by atoms with Gasteiger partial charge in [-0.25, -0.2) is 4.57 Å². The van der Waals surface area contributed by atoms with Gasteiger partial charge in [0.2, 0.25) is 0 Å². The lowest BCUT2D eigenvalue weighted by molar-refractivity contribution is 0.283. The molecule has 0 aliphatic heterocycles. The number of phosphoric acid groups is 1. The van der Waals surface area contributed by atoms with Gasteiger partial charge in [-0.15, -0.1) is 0 Å². The van der Waals surface area contributed by atoms with E-state index in [1.165, 1.54) is 6.07 Å². The topological polar surface area (TPSA) is 90.8 Å². The van der Waals surface area contributed by atoms with Gasteiger partial charge in [0.05, 0.1) is 5.69 Å². The van der Waals surface area contributed by atoms with Crippen molar-refractivity contribution in [1.82, 2.24) is 0 Å². The molecule has 17 heavy (non-hydrogen) atoms. The van der Waals surface area contributed by atoms with Crippen LogP contribution in [0.15, 0.2) is 18.2 Å². The summed E-state index contributed by atoms with van der Waals surface area (Å²) in [6.45, 7) is 5.16. The smallest absolute Gasteiger partial charge is 0.402 e. The Kier molecular flexibility index (Phi) is 4.81. The van der Waals surface area contributed by atoms with Crippen molar-refractivity contribution in [1.29, 1.82) is 0 Å². The van der Waals surface area contributed by atoms with Gasteiger partial charge in [-0.1, -0.05) is 6.07 Å². The largest absolute Gasteiger partial charge is 0.524 e. The molecule has 0 saturated carbocycles. The normalized spacial score (nSPS) is 11.1. The highest BCUT2D eigenvalue weighted by Gasteiger charge is 2.19. The van der Waals surface area contributed by atoms with Crippen molar-refractivity contribution in [2.45, 2.75) is 13.8 Å². The van der Waals surface area contributed by atoms with E-state index in [4.69, 9.17) is 9.79 Å². The molecule has 0 radical (unpaired) electrons. The molecule has 1 aromatic rings. The van der Waals surface area contributed by atoms with Gasteiger partial charge in [-0.05, 0) is 26.0 Å². The van der Waals surface area contributed by atoms with Crippen LogP contribution in [0.25, 0.3) is 0 Å². The predicted octanol–water partition coefficient (Wildman–Crippen LogP) is 2.02. The van der Waals surface area contributed by atoms with Crippen molar-refractivity contribution >= 4 is 19.2 Å². The first kappa shape index (κ1) is 13.8. The Morgan fingerprint density at radius 3 is 2.41 bits per heavy atom. The summed E-state index contributed by atoms with van der Waals surface area (Å²) in [4.78, 5) is 17.7. The summed E-state index contributed by atoms with van der Waals surface area (Å²) in [6, 6.07) is 5.00. The SMILES string of the molecule is CCNc1cccc(OP(=O)(O)O)c1NCC. The number of nitrogens with one attached hydrogen (secondary N) is 2. The molecule has 0 bridgehead atoms. The molecule has 0 atom stereocenters. The van der Waals surface area contributed by atoms with Crippen molar-refractivity contribution in [2.24, 2.45) is 0 Å². The summed E-state index contributed by atoms with van der Waals surface area (Å²) >= 11 is 0. The van der Waals surface area contributed by atoms with E-state index in [9.17, 15) is 4.57 Å². The zero-order chi connectivity index (χ0) is 12.9. The summed E-state index contributed by atoms with van der Waals surface area (Å²) < 4.78 is 15.5. The monoisotopic (exact) mass is 260 g/mol. The first-order chi connectivity index (χ1) is 7.98.